The molecule has 0 spiro atoms. The number of rotatable bonds is 7. The minimum atomic E-state index is 0.152. The van der Waals surface area contributed by atoms with Gasteiger partial charge in [-0.2, -0.15) is 0 Å². The van der Waals surface area contributed by atoms with Crippen molar-refractivity contribution in [3.05, 3.63) is 82.9 Å². The molecule has 4 heteroatoms. The topological polar surface area (TPSA) is 24.1 Å². The van der Waals surface area contributed by atoms with Crippen LogP contribution in [0.25, 0.3) is 11.1 Å². The van der Waals surface area contributed by atoms with Gasteiger partial charge >= 0.3 is 0 Å². The van der Waals surface area contributed by atoms with Crippen LogP contribution in [0.15, 0.2) is 60.7 Å². The van der Waals surface area contributed by atoms with Crippen molar-refractivity contribution in [2.24, 2.45) is 0 Å². The fourth-order valence-electron chi connectivity index (χ4n) is 4.42. The van der Waals surface area contributed by atoms with Crippen molar-refractivity contribution in [2.75, 3.05) is 0 Å². The monoisotopic (exact) mass is 456 g/mol. The highest BCUT2D eigenvalue weighted by Gasteiger charge is 2.28. The first kappa shape index (κ1) is 23.4. The van der Waals surface area contributed by atoms with Crippen LogP contribution in [-0.2, 0) is 0 Å². The SMILES string of the molecule is CC(C)(C)N[Si]C1C=C(CCC2=CC([Si]NC(C)(C)C)c3ccccc32)c2ccccc21. The van der Waals surface area contributed by atoms with Crippen molar-refractivity contribution in [3.63, 3.8) is 0 Å². The van der Waals surface area contributed by atoms with Gasteiger partial charge in [0.25, 0.3) is 0 Å². The predicted molar refractivity (Wildman–Crippen MR) is 141 cm³/mol. The van der Waals surface area contributed by atoms with E-state index < -0.39 is 0 Å². The van der Waals surface area contributed by atoms with Crippen molar-refractivity contribution in [2.45, 2.75) is 76.5 Å². The fraction of sp³-hybridized carbons (Fsp3) is 0.429. The zero-order valence-electron chi connectivity index (χ0n) is 20.3. The Kier molecular flexibility index (Phi) is 6.78. The van der Waals surface area contributed by atoms with Crippen LogP contribution in [0.5, 0.6) is 0 Å². The quantitative estimate of drug-likeness (QED) is 0.495. The summed E-state index contributed by atoms with van der Waals surface area (Å²) in [5.74, 6) is 0. The fourth-order valence-corrected chi connectivity index (χ4v) is 6.98. The molecule has 2 aromatic carbocycles. The maximum Gasteiger partial charge on any atom is 0.152 e. The summed E-state index contributed by atoms with van der Waals surface area (Å²) in [6, 6.07) is 18.0. The van der Waals surface area contributed by atoms with E-state index >= 15 is 0 Å². The lowest BCUT2D eigenvalue weighted by Crippen LogP contribution is -2.40. The van der Waals surface area contributed by atoms with Gasteiger partial charge in [-0.05, 0) is 87.8 Å². The van der Waals surface area contributed by atoms with Gasteiger partial charge in [-0.25, -0.2) is 0 Å². The van der Waals surface area contributed by atoms with E-state index in [0.717, 1.165) is 12.8 Å². The summed E-state index contributed by atoms with van der Waals surface area (Å²) in [7, 11) is 1.43. The first-order chi connectivity index (χ1) is 15.1. The lowest BCUT2D eigenvalue weighted by Gasteiger charge is -2.22. The Morgan fingerprint density at radius 2 is 1.00 bits per heavy atom. The number of hydrogen-bond acceptors (Lipinski definition) is 2. The van der Waals surface area contributed by atoms with Crippen molar-refractivity contribution < 1.29 is 0 Å². The van der Waals surface area contributed by atoms with Crippen molar-refractivity contribution >= 4 is 30.5 Å². The molecule has 2 aliphatic carbocycles. The molecule has 0 saturated carbocycles. The van der Waals surface area contributed by atoms with E-state index in [2.05, 4.69) is 112 Å². The molecule has 2 aromatic rings. The normalized spacial score (nSPS) is 20.1. The van der Waals surface area contributed by atoms with E-state index in [-0.39, 0.29) is 11.1 Å². The second kappa shape index (κ2) is 9.26. The van der Waals surface area contributed by atoms with Gasteiger partial charge in [0, 0.05) is 22.2 Å². The molecule has 2 atom stereocenters. The third-order valence-electron chi connectivity index (χ3n) is 5.89. The summed E-state index contributed by atoms with van der Waals surface area (Å²) in [5.41, 5.74) is 10.2. The van der Waals surface area contributed by atoms with Crippen LogP contribution in [0.3, 0.4) is 0 Å². The minimum absolute atomic E-state index is 0.152. The van der Waals surface area contributed by atoms with Crippen LogP contribution in [0.4, 0.5) is 0 Å². The zero-order valence-corrected chi connectivity index (χ0v) is 22.3. The molecule has 0 fully saturated rings. The second-order valence-electron chi connectivity index (χ2n) is 11.1. The smallest absolute Gasteiger partial charge is 0.152 e. The Bertz CT molecular complexity index is 941. The molecular formula is C28H36N2Si2. The molecule has 0 amide bonds. The Balaban J connectivity index is 1.50. The second-order valence-corrected chi connectivity index (χ2v) is 13.4. The molecule has 2 aliphatic rings. The van der Waals surface area contributed by atoms with E-state index in [4.69, 9.17) is 0 Å². The first-order valence-corrected chi connectivity index (χ1v) is 13.9. The van der Waals surface area contributed by atoms with Gasteiger partial charge in [-0.15, -0.1) is 0 Å². The van der Waals surface area contributed by atoms with E-state index in [9.17, 15) is 0 Å². The van der Waals surface area contributed by atoms with Gasteiger partial charge in [0.05, 0.1) is 0 Å². The van der Waals surface area contributed by atoms with E-state index in [1.165, 1.54) is 33.4 Å². The lowest BCUT2D eigenvalue weighted by atomic mass is 9.97. The van der Waals surface area contributed by atoms with Gasteiger partial charge < -0.3 is 9.96 Å². The third kappa shape index (κ3) is 5.60. The van der Waals surface area contributed by atoms with E-state index in [0.29, 0.717) is 30.4 Å². The number of allylic oxidation sites excluding steroid dienone is 4. The summed E-state index contributed by atoms with van der Waals surface area (Å²) in [4.78, 5) is 7.47. The van der Waals surface area contributed by atoms with E-state index in [1.54, 1.807) is 0 Å². The van der Waals surface area contributed by atoms with Crippen molar-refractivity contribution in [1.82, 2.24) is 9.96 Å². The molecule has 166 valence electrons. The summed E-state index contributed by atoms with van der Waals surface area (Å²) in [5, 5.41) is 0. The number of hydrogen-bond donors (Lipinski definition) is 2. The molecule has 2 nitrogen and oxygen atoms in total. The molecule has 2 N–H and O–H groups in total. The molecule has 0 saturated heterocycles. The molecule has 0 bridgehead atoms. The Labute approximate surface area is 199 Å². The molecule has 0 aliphatic heterocycles. The van der Waals surface area contributed by atoms with Gasteiger partial charge in [0.2, 0.25) is 0 Å². The third-order valence-corrected chi connectivity index (χ3v) is 9.25. The minimum Gasteiger partial charge on any atom is -0.334 e. The number of benzene rings is 2. The number of fused-ring (bicyclic) bond motifs is 2. The molecule has 2 unspecified atom stereocenters. The Hall–Kier alpha value is -1.73. The van der Waals surface area contributed by atoms with Crippen LogP contribution in [0.1, 0.15) is 87.7 Å². The van der Waals surface area contributed by atoms with Crippen molar-refractivity contribution in [3.8, 4) is 0 Å². The highest BCUT2D eigenvalue weighted by Crippen LogP contribution is 2.42. The molecular weight excluding hydrogens is 420 g/mol. The summed E-state index contributed by atoms with van der Waals surface area (Å²) < 4.78 is 0. The van der Waals surface area contributed by atoms with Crippen LogP contribution >= 0.6 is 0 Å². The molecule has 4 radical (unpaired) electrons. The molecule has 4 rings (SSSR count). The highest BCUT2D eigenvalue weighted by atomic mass is 28.2. The van der Waals surface area contributed by atoms with Crippen LogP contribution in [-0.4, -0.2) is 30.4 Å². The Morgan fingerprint density at radius 1 is 0.625 bits per heavy atom. The molecule has 0 heterocycles. The average Bonchev–Trinajstić information content (AvgIpc) is 3.26. The number of nitrogens with one attached hydrogen (secondary N) is 2. The first-order valence-electron chi connectivity index (χ1n) is 11.8. The standard InChI is InChI=1S/C28H36N2Si2/c1-27(2,3)29-31-25-17-19(21-11-7-9-13-23(21)25)15-16-20-18-26(32-30-28(4,5)6)24-14-10-8-12-22(20)24/h7-14,17-18,25-26,29-30H,15-16H2,1-6H3. The van der Waals surface area contributed by atoms with Gasteiger partial charge in [-0.3, -0.25) is 0 Å². The Morgan fingerprint density at radius 3 is 1.38 bits per heavy atom. The van der Waals surface area contributed by atoms with Gasteiger partial charge in [-0.1, -0.05) is 60.7 Å². The summed E-state index contributed by atoms with van der Waals surface area (Å²) >= 11 is 0. The van der Waals surface area contributed by atoms with Crippen LogP contribution in [0.2, 0.25) is 0 Å². The maximum absolute atomic E-state index is 3.73. The van der Waals surface area contributed by atoms with E-state index in [1.807, 2.05) is 0 Å². The average molecular weight is 457 g/mol. The molecule has 32 heavy (non-hydrogen) atoms. The summed E-state index contributed by atoms with van der Waals surface area (Å²) in [6.07, 6.45) is 7.28. The largest absolute Gasteiger partial charge is 0.334 e. The summed E-state index contributed by atoms with van der Waals surface area (Å²) in [6.45, 7) is 13.5. The van der Waals surface area contributed by atoms with Gasteiger partial charge in [0.15, 0.2) is 19.4 Å². The van der Waals surface area contributed by atoms with Crippen LogP contribution in [0, 0.1) is 0 Å². The highest BCUT2D eigenvalue weighted by molar-refractivity contribution is 6.37. The lowest BCUT2D eigenvalue weighted by molar-refractivity contribution is 0.520. The van der Waals surface area contributed by atoms with Crippen molar-refractivity contribution in [1.29, 1.82) is 0 Å². The zero-order chi connectivity index (χ0) is 22.9. The van der Waals surface area contributed by atoms with Crippen LogP contribution < -0.4 is 9.96 Å². The maximum atomic E-state index is 3.73. The van der Waals surface area contributed by atoms with Gasteiger partial charge in [0.1, 0.15) is 0 Å². The predicted octanol–water partition coefficient (Wildman–Crippen LogP) is 6.06. The molecule has 0 aromatic heterocycles.